The number of aliphatic imine (C=N–C) groups is 1. The lowest BCUT2D eigenvalue weighted by molar-refractivity contribution is 1.28. The summed E-state index contributed by atoms with van der Waals surface area (Å²) in [6.45, 7) is 0. The molecule has 0 amide bonds. The molecule has 172 valence electrons. The summed E-state index contributed by atoms with van der Waals surface area (Å²) < 4.78 is 0. The van der Waals surface area contributed by atoms with E-state index in [2.05, 4.69) is 92.7 Å². The number of para-hydroxylation sites is 2. The molecule has 0 spiro atoms. The van der Waals surface area contributed by atoms with Crippen LogP contribution < -0.4 is 4.90 Å². The lowest BCUT2D eigenvalue weighted by atomic mass is 10.1. The second-order valence-electron chi connectivity index (χ2n) is 8.38. The Kier molecular flexibility index (Phi) is 5.78. The zero-order valence-corrected chi connectivity index (χ0v) is 19.5. The SMILES string of the molecule is C(=Nc1ccc2nc(-c3ccc(N(c4ccccc4)c4ccccc4)cc3)[nH]c2c1)c1ccncc1. The zero-order valence-electron chi connectivity index (χ0n) is 19.5. The Morgan fingerprint density at radius 2 is 1.31 bits per heavy atom. The van der Waals surface area contributed by atoms with Crippen molar-refractivity contribution in [3.63, 3.8) is 0 Å². The predicted molar refractivity (Wildman–Crippen MR) is 148 cm³/mol. The number of benzene rings is 4. The molecular formula is C31H23N5. The first-order valence-electron chi connectivity index (χ1n) is 11.8. The third-order valence-corrected chi connectivity index (χ3v) is 5.96. The minimum absolute atomic E-state index is 0.831. The molecular weight excluding hydrogens is 442 g/mol. The van der Waals surface area contributed by atoms with Gasteiger partial charge in [-0.1, -0.05) is 36.4 Å². The second-order valence-corrected chi connectivity index (χ2v) is 8.38. The quantitative estimate of drug-likeness (QED) is 0.255. The Morgan fingerprint density at radius 1 is 0.667 bits per heavy atom. The highest BCUT2D eigenvalue weighted by Gasteiger charge is 2.13. The van der Waals surface area contributed by atoms with Gasteiger partial charge in [-0.15, -0.1) is 0 Å². The number of rotatable bonds is 6. The molecule has 0 aliphatic carbocycles. The van der Waals surface area contributed by atoms with E-state index in [4.69, 9.17) is 4.98 Å². The number of aromatic nitrogens is 3. The molecule has 2 heterocycles. The Hall–Kier alpha value is -5.03. The van der Waals surface area contributed by atoms with Crippen LogP contribution in [0.3, 0.4) is 0 Å². The molecule has 0 bridgehead atoms. The van der Waals surface area contributed by atoms with Crippen LogP contribution in [0.4, 0.5) is 22.7 Å². The number of hydrogen-bond donors (Lipinski definition) is 1. The van der Waals surface area contributed by atoms with Crippen molar-refractivity contribution >= 4 is 40.0 Å². The number of anilines is 3. The Bertz CT molecular complexity index is 1570. The van der Waals surface area contributed by atoms with Crippen molar-refractivity contribution in [2.24, 2.45) is 4.99 Å². The summed E-state index contributed by atoms with van der Waals surface area (Å²) in [5, 5.41) is 0. The summed E-state index contributed by atoms with van der Waals surface area (Å²) in [7, 11) is 0. The van der Waals surface area contributed by atoms with Crippen LogP contribution in [0.2, 0.25) is 0 Å². The molecule has 36 heavy (non-hydrogen) atoms. The van der Waals surface area contributed by atoms with Gasteiger partial charge in [-0.05, 0) is 84.4 Å². The fraction of sp³-hybridized carbons (Fsp3) is 0. The van der Waals surface area contributed by atoms with Crippen molar-refractivity contribution in [3.05, 3.63) is 133 Å². The molecule has 1 N–H and O–H groups in total. The van der Waals surface area contributed by atoms with Gasteiger partial charge in [-0.3, -0.25) is 9.98 Å². The van der Waals surface area contributed by atoms with Crippen molar-refractivity contribution in [2.45, 2.75) is 0 Å². The predicted octanol–water partition coefficient (Wildman–Crippen LogP) is 7.85. The highest BCUT2D eigenvalue weighted by molar-refractivity contribution is 5.86. The molecule has 0 fully saturated rings. The van der Waals surface area contributed by atoms with Gasteiger partial charge in [0, 0.05) is 41.2 Å². The average Bonchev–Trinajstić information content (AvgIpc) is 3.38. The van der Waals surface area contributed by atoms with Crippen molar-refractivity contribution < 1.29 is 0 Å². The molecule has 0 unspecified atom stereocenters. The standard InChI is InChI=1S/C31H23N5/c1-3-7-26(8-4-1)36(27-9-5-2-6-10-27)28-14-11-24(12-15-28)31-34-29-16-13-25(21-30(29)35-31)33-22-23-17-19-32-20-18-23/h1-22H,(H,34,35). The number of imidazole rings is 1. The first-order chi connectivity index (χ1) is 17.8. The Labute approximate surface area is 209 Å². The molecule has 0 saturated heterocycles. The van der Waals surface area contributed by atoms with Gasteiger partial charge < -0.3 is 9.88 Å². The van der Waals surface area contributed by atoms with Crippen molar-refractivity contribution in [1.29, 1.82) is 0 Å². The van der Waals surface area contributed by atoms with Crippen LogP contribution in [0.15, 0.2) is 133 Å². The number of H-pyrrole nitrogens is 1. The Balaban J connectivity index is 1.29. The average molecular weight is 466 g/mol. The van der Waals surface area contributed by atoms with E-state index >= 15 is 0 Å². The fourth-order valence-electron chi connectivity index (χ4n) is 4.18. The van der Waals surface area contributed by atoms with Gasteiger partial charge in [-0.25, -0.2) is 4.98 Å². The van der Waals surface area contributed by atoms with E-state index < -0.39 is 0 Å². The molecule has 2 aromatic heterocycles. The second kappa shape index (κ2) is 9.68. The lowest BCUT2D eigenvalue weighted by Gasteiger charge is -2.25. The van der Waals surface area contributed by atoms with Gasteiger partial charge in [0.15, 0.2) is 0 Å². The van der Waals surface area contributed by atoms with Gasteiger partial charge in [-0.2, -0.15) is 0 Å². The largest absolute Gasteiger partial charge is 0.338 e. The van der Waals surface area contributed by atoms with E-state index in [1.165, 1.54) is 0 Å². The van der Waals surface area contributed by atoms with E-state index in [0.717, 1.165) is 50.7 Å². The summed E-state index contributed by atoms with van der Waals surface area (Å²) in [6.07, 6.45) is 5.36. The maximum Gasteiger partial charge on any atom is 0.138 e. The van der Waals surface area contributed by atoms with Gasteiger partial charge in [0.2, 0.25) is 0 Å². The van der Waals surface area contributed by atoms with Gasteiger partial charge in [0.1, 0.15) is 5.82 Å². The number of hydrogen-bond acceptors (Lipinski definition) is 4. The number of pyridine rings is 1. The highest BCUT2D eigenvalue weighted by atomic mass is 15.1. The molecule has 5 heteroatoms. The van der Waals surface area contributed by atoms with E-state index in [1.54, 1.807) is 12.4 Å². The molecule has 0 radical (unpaired) electrons. The van der Waals surface area contributed by atoms with Crippen LogP contribution in [0.25, 0.3) is 22.4 Å². The van der Waals surface area contributed by atoms with Crippen LogP contribution in [0.5, 0.6) is 0 Å². The molecule has 0 saturated carbocycles. The maximum absolute atomic E-state index is 4.80. The third kappa shape index (κ3) is 4.50. The van der Waals surface area contributed by atoms with Gasteiger partial charge >= 0.3 is 0 Å². The van der Waals surface area contributed by atoms with Crippen LogP contribution in [-0.2, 0) is 0 Å². The highest BCUT2D eigenvalue weighted by Crippen LogP contribution is 2.35. The topological polar surface area (TPSA) is 57.2 Å². The first kappa shape index (κ1) is 21.5. The molecule has 5 nitrogen and oxygen atoms in total. The minimum Gasteiger partial charge on any atom is -0.338 e. The van der Waals surface area contributed by atoms with Gasteiger partial charge in [0.25, 0.3) is 0 Å². The fourth-order valence-corrected chi connectivity index (χ4v) is 4.18. The monoisotopic (exact) mass is 465 g/mol. The van der Waals surface area contributed by atoms with Gasteiger partial charge in [0.05, 0.1) is 16.7 Å². The van der Waals surface area contributed by atoms with Crippen LogP contribution in [-0.4, -0.2) is 21.2 Å². The third-order valence-electron chi connectivity index (χ3n) is 5.96. The van der Waals surface area contributed by atoms with E-state index in [-0.39, 0.29) is 0 Å². The summed E-state index contributed by atoms with van der Waals surface area (Å²) in [5.74, 6) is 0.831. The van der Waals surface area contributed by atoms with E-state index in [9.17, 15) is 0 Å². The summed E-state index contributed by atoms with van der Waals surface area (Å²) in [5.41, 5.74) is 8.07. The zero-order chi connectivity index (χ0) is 24.2. The molecule has 0 aliphatic heterocycles. The molecule has 6 rings (SSSR count). The van der Waals surface area contributed by atoms with E-state index in [1.807, 2.05) is 48.7 Å². The van der Waals surface area contributed by atoms with Crippen molar-refractivity contribution in [3.8, 4) is 11.4 Å². The summed E-state index contributed by atoms with van der Waals surface area (Å²) in [4.78, 5) is 19.1. The lowest BCUT2D eigenvalue weighted by Crippen LogP contribution is -2.09. The number of aromatic amines is 1. The molecule has 0 atom stereocenters. The molecule has 4 aromatic carbocycles. The normalized spacial score (nSPS) is 11.2. The summed E-state index contributed by atoms with van der Waals surface area (Å²) in [6, 6.07) is 39.1. The molecule has 0 aliphatic rings. The number of nitrogens with zero attached hydrogens (tertiary/aromatic N) is 4. The smallest absolute Gasteiger partial charge is 0.138 e. The van der Waals surface area contributed by atoms with Crippen LogP contribution in [0.1, 0.15) is 5.56 Å². The van der Waals surface area contributed by atoms with Crippen molar-refractivity contribution in [2.75, 3.05) is 4.90 Å². The number of fused-ring (bicyclic) bond motifs is 1. The molecule has 6 aromatic rings. The number of nitrogens with one attached hydrogen (secondary N) is 1. The van der Waals surface area contributed by atoms with Crippen molar-refractivity contribution in [1.82, 2.24) is 15.0 Å². The maximum atomic E-state index is 4.80. The first-order valence-corrected chi connectivity index (χ1v) is 11.8. The van der Waals surface area contributed by atoms with E-state index in [0.29, 0.717) is 0 Å². The summed E-state index contributed by atoms with van der Waals surface area (Å²) >= 11 is 0. The van der Waals surface area contributed by atoms with Crippen LogP contribution in [0, 0.1) is 0 Å². The van der Waals surface area contributed by atoms with Crippen LogP contribution >= 0.6 is 0 Å². The minimum atomic E-state index is 0.831. The Morgan fingerprint density at radius 3 is 1.97 bits per heavy atom.